The summed E-state index contributed by atoms with van der Waals surface area (Å²) in [6.45, 7) is 2.23. The molecule has 14 heavy (non-hydrogen) atoms. The first-order valence-electron chi connectivity index (χ1n) is 4.77. The summed E-state index contributed by atoms with van der Waals surface area (Å²) in [5.41, 5.74) is 5.00. The summed E-state index contributed by atoms with van der Waals surface area (Å²) in [6.07, 6.45) is 0.345. The van der Waals surface area contributed by atoms with Crippen LogP contribution in [0.2, 0.25) is 0 Å². The first kappa shape index (κ1) is 10.7. The number of hydrogen-bond donors (Lipinski definition) is 1. The van der Waals surface area contributed by atoms with Gasteiger partial charge in [0.1, 0.15) is 12.5 Å². The van der Waals surface area contributed by atoms with Gasteiger partial charge < -0.3 is 10.5 Å². The van der Waals surface area contributed by atoms with Crippen molar-refractivity contribution in [3.8, 4) is 0 Å². The van der Waals surface area contributed by atoms with E-state index in [0.29, 0.717) is 13.0 Å². The Hall–Kier alpha value is -1.35. The van der Waals surface area contributed by atoms with Crippen molar-refractivity contribution >= 4 is 5.97 Å². The van der Waals surface area contributed by atoms with Gasteiger partial charge in [-0.05, 0) is 6.92 Å². The molecule has 0 bridgehead atoms. The van der Waals surface area contributed by atoms with Crippen LogP contribution in [0.1, 0.15) is 24.9 Å². The van der Waals surface area contributed by atoms with Gasteiger partial charge >= 0.3 is 5.97 Å². The second kappa shape index (κ2) is 5.40. The van der Waals surface area contributed by atoms with E-state index in [1.165, 1.54) is 0 Å². The monoisotopic (exact) mass is 194 g/mol. The van der Waals surface area contributed by atoms with Crippen LogP contribution in [-0.4, -0.2) is 12.6 Å². The summed E-state index contributed by atoms with van der Waals surface area (Å²) >= 11 is 0. The van der Waals surface area contributed by atoms with Gasteiger partial charge in [0.15, 0.2) is 0 Å². The maximum absolute atomic E-state index is 11.2. The third kappa shape index (κ3) is 3.18. The molecule has 1 atom stereocenters. The fourth-order valence-electron chi connectivity index (χ4n) is 1.26. The highest BCUT2D eigenvalue weighted by molar-refractivity contribution is 5.70. The molecule has 1 aromatic carbocycles. The molecular formula is C11H16NO2+. The van der Waals surface area contributed by atoms with Crippen molar-refractivity contribution in [3.63, 3.8) is 0 Å². The molecule has 3 nitrogen and oxygen atoms in total. The van der Waals surface area contributed by atoms with E-state index in [1.54, 1.807) is 6.92 Å². The fraction of sp³-hybridized carbons (Fsp3) is 0.364. The van der Waals surface area contributed by atoms with E-state index in [-0.39, 0.29) is 12.0 Å². The van der Waals surface area contributed by atoms with Crippen LogP contribution < -0.4 is 5.73 Å². The van der Waals surface area contributed by atoms with Gasteiger partial charge in [-0.25, -0.2) is 0 Å². The first-order chi connectivity index (χ1) is 6.74. The minimum Gasteiger partial charge on any atom is -0.466 e. The average molecular weight is 194 g/mol. The highest BCUT2D eigenvalue weighted by Crippen LogP contribution is 2.11. The Morgan fingerprint density at radius 1 is 1.43 bits per heavy atom. The predicted molar refractivity (Wildman–Crippen MR) is 53.3 cm³/mol. The summed E-state index contributed by atoms with van der Waals surface area (Å²) < 4.78 is 4.86. The zero-order valence-corrected chi connectivity index (χ0v) is 8.40. The van der Waals surface area contributed by atoms with Gasteiger partial charge in [0.2, 0.25) is 0 Å². The fourth-order valence-corrected chi connectivity index (χ4v) is 1.26. The van der Waals surface area contributed by atoms with E-state index in [9.17, 15) is 4.79 Å². The molecule has 0 aromatic heterocycles. The lowest BCUT2D eigenvalue weighted by atomic mass is 10.1. The second-order valence-corrected chi connectivity index (χ2v) is 3.12. The molecule has 76 valence electrons. The van der Waals surface area contributed by atoms with E-state index in [2.05, 4.69) is 5.73 Å². The molecule has 0 aliphatic rings. The van der Waals surface area contributed by atoms with Crippen LogP contribution in [0, 0.1) is 0 Å². The van der Waals surface area contributed by atoms with Crippen LogP contribution in [0.15, 0.2) is 30.3 Å². The van der Waals surface area contributed by atoms with Crippen molar-refractivity contribution in [3.05, 3.63) is 35.9 Å². The molecular weight excluding hydrogens is 178 g/mol. The van der Waals surface area contributed by atoms with E-state index >= 15 is 0 Å². The first-order valence-corrected chi connectivity index (χ1v) is 4.77. The van der Waals surface area contributed by atoms with Crippen LogP contribution >= 0.6 is 0 Å². The number of hydrogen-bond acceptors (Lipinski definition) is 2. The molecule has 0 saturated heterocycles. The molecule has 3 N–H and O–H groups in total. The summed E-state index contributed by atoms with van der Waals surface area (Å²) in [5.74, 6) is -0.184. The Morgan fingerprint density at radius 2 is 2.07 bits per heavy atom. The molecule has 3 heteroatoms. The smallest absolute Gasteiger partial charge is 0.312 e. The number of quaternary nitrogens is 1. The van der Waals surface area contributed by atoms with Crippen molar-refractivity contribution in [2.45, 2.75) is 19.4 Å². The molecule has 0 amide bonds. The number of ether oxygens (including phenoxy) is 1. The maximum atomic E-state index is 11.2. The Balaban J connectivity index is 2.50. The summed E-state index contributed by atoms with van der Waals surface area (Å²) in [5, 5.41) is 0. The zero-order chi connectivity index (χ0) is 10.4. The number of carbonyl (C=O) groups excluding carboxylic acids is 1. The molecule has 0 aliphatic heterocycles. The minimum atomic E-state index is -0.184. The molecule has 0 heterocycles. The topological polar surface area (TPSA) is 53.9 Å². The number of benzene rings is 1. The number of rotatable bonds is 4. The Labute approximate surface area is 83.9 Å². The Bertz CT molecular complexity index is 285. The summed E-state index contributed by atoms with van der Waals surface area (Å²) in [7, 11) is 0. The number of carbonyl (C=O) groups is 1. The van der Waals surface area contributed by atoms with Crippen LogP contribution in [0.4, 0.5) is 0 Å². The Kier molecular flexibility index (Phi) is 4.13. The molecule has 0 saturated carbocycles. The van der Waals surface area contributed by atoms with E-state index in [0.717, 1.165) is 5.56 Å². The van der Waals surface area contributed by atoms with Crippen molar-refractivity contribution < 1.29 is 15.3 Å². The molecule has 0 aliphatic carbocycles. The quantitative estimate of drug-likeness (QED) is 0.725. The summed E-state index contributed by atoms with van der Waals surface area (Å²) in [4.78, 5) is 11.2. The van der Waals surface area contributed by atoms with Crippen molar-refractivity contribution in [2.75, 3.05) is 6.61 Å². The van der Waals surface area contributed by atoms with Gasteiger partial charge in [-0.15, -0.1) is 0 Å². The lowest BCUT2D eigenvalue weighted by Gasteiger charge is -2.07. The molecule has 1 aromatic rings. The summed E-state index contributed by atoms with van der Waals surface area (Å²) in [6, 6.07) is 9.75. The van der Waals surface area contributed by atoms with Gasteiger partial charge in [0.25, 0.3) is 0 Å². The third-order valence-electron chi connectivity index (χ3n) is 1.99. The molecule has 0 unspecified atom stereocenters. The van der Waals surface area contributed by atoms with E-state index in [1.807, 2.05) is 30.3 Å². The van der Waals surface area contributed by atoms with Crippen LogP contribution in [-0.2, 0) is 9.53 Å². The van der Waals surface area contributed by atoms with Gasteiger partial charge in [-0.3, -0.25) is 4.79 Å². The van der Waals surface area contributed by atoms with Crippen molar-refractivity contribution in [2.24, 2.45) is 0 Å². The highest BCUT2D eigenvalue weighted by atomic mass is 16.5. The molecule has 0 fully saturated rings. The highest BCUT2D eigenvalue weighted by Gasteiger charge is 2.14. The minimum absolute atomic E-state index is 0.0183. The molecule has 0 spiro atoms. The van der Waals surface area contributed by atoms with E-state index in [4.69, 9.17) is 4.74 Å². The molecule has 0 radical (unpaired) electrons. The van der Waals surface area contributed by atoms with Crippen molar-refractivity contribution in [1.29, 1.82) is 0 Å². The van der Waals surface area contributed by atoms with Gasteiger partial charge in [0, 0.05) is 5.56 Å². The SMILES string of the molecule is CCOC(=O)C[C@@H]([NH3+])c1ccccc1. The van der Waals surface area contributed by atoms with Crippen molar-refractivity contribution in [1.82, 2.24) is 0 Å². The normalized spacial score (nSPS) is 12.1. The largest absolute Gasteiger partial charge is 0.466 e. The lowest BCUT2D eigenvalue weighted by Crippen LogP contribution is -2.54. The van der Waals surface area contributed by atoms with E-state index < -0.39 is 0 Å². The van der Waals surface area contributed by atoms with Crippen LogP contribution in [0.3, 0.4) is 0 Å². The predicted octanol–water partition coefficient (Wildman–Crippen LogP) is 0.923. The maximum Gasteiger partial charge on any atom is 0.312 e. The standard InChI is InChI=1S/C11H15NO2/c1-2-14-11(13)8-10(12)9-6-4-3-5-7-9/h3-7,10H,2,8,12H2,1H3/p+1/t10-/m1/s1. The van der Waals surface area contributed by atoms with Gasteiger partial charge in [-0.1, -0.05) is 30.3 Å². The number of esters is 1. The molecule has 1 rings (SSSR count). The second-order valence-electron chi connectivity index (χ2n) is 3.12. The van der Waals surface area contributed by atoms with Gasteiger partial charge in [0.05, 0.1) is 6.61 Å². The zero-order valence-electron chi connectivity index (χ0n) is 8.40. The average Bonchev–Trinajstić information content (AvgIpc) is 2.19. The van der Waals surface area contributed by atoms with Gasteiger partial charge in [-0.2, -0.15) is 0 Å². The third-order valence-corrected chi connectivity index (χ3v) is 1.99. The van der Waals surface area contributed by atoms with Crippen LogP contribution in [0.25, 0.3) is 0 Å². The van der Waals surface area contributed by atoms with Crippen LogP contribution in [0.5, 0.6) is 0 Å². The lowest BCUT2D eigenvalue weighted by molar-refractivity contribution is -0.425. The Morgan fingerprint density at radius 3 is 2.64 bits per heavy atom.